The second kappa shape index (κ2) is 7.80. The van der Waals surface area contributed by atoms with E-state index in [1.807, 2.05) is 42.5 Å². The van der Waals surface area contributed by atoms with Crippen LogP contribution in [0, 0.1) is 0 Å². The summed E-state index contributed by atoms with van der Waals surface area (Å²) in [5, 5.41) is 6.09. The molecule has 0 saturated heterocycles. The first-order chi connectivity index (χ1) is 14.7. The van der Waals surface area contributed by atoms with E-state index >= 15 is 0 Å². The molecule has 0 N–H and O–H groups in total. The van der Waals surface area contributed by atoms with Crippen molar-refractivity contribution in [1.82, 2.24) is 14.8 Å². The number of halogens is 1. The second-order valence-electron chi connectivity index (χ2n) is 7.03. The smallest absolute Gasteiger partial charge is 0.267 e. The summed E-state index contributed by atoms with van der Waals surface area (Å²) < 4.78 is 12.9. The molecule has 2 aromatic carbocycles. The van der Waals surface area contributed by atoms with Gasteiger partial charge < -0.3 is 9.47 Å². The molecule has 2 aromatic heterocycles. The van der Waals surface area contributed by atoms with Gasteiger partial charge in [-0.3, -0.25) is 9.78 Å². The van der Waals surface area contributed by atoms with Crippen LogP contribution in [0.3, 0.4) is 0 Å². The first-order valence-electron chi connectivity index (χ1n) is 9.69. The maximum Gasteiger partial charge on any atom is 0.267 e. The van der Waals surface area contributed by atoms with Crippen LogP contribution in [0.4, 0.5) is 0 Å². The standard InChI is InChI=1S/C23H18ClN3O3/c24-18-6-4-15-3-1-10-25-23(15)17(18)14-27-22(28)9-7-19(26-27)16-5-8-20-21(13-16)30-12-2-11-29-20/h1,3-10,13H,2,11-12,14H2. The van der Waals surface area contributed by atoms with Crippen LogP contribution in [0.5, 0.6) is 11.5 Å². The number of hydrogen-bond acceptors (Lipinski definition) is 5. The molecule has 6 nitrogen and oxygen atoms in total. The van der Waals surface area contributed by atoms with Crippen molar-refractivity contribution >= 4 is 22.5 Å². The van der Waals surface area contributed by atoms with Gasteiger partial charge >= 0.3 is 0 Å². The molecule has 0 saturated carbocycles. The molecular formula is C23H18ClN3O3. The quantitative estimate of drug-likeness (QED) is 0.494. The molecule has 7 heteroatoms. The van der Waals surface area contributed by atoms with E-state index in [0.717, 1.165) is 34.2 Å². The topological polar surface area (TPSA) is 66.2 Å². The normalized spacial score (nSPS) is 13.2. The Morgan fingerprint density at radius 3 is 2.77 bits per heavy atom. The van der Waals surface area contributed by atoms with Crippen molar-refractivity contribution in [3.05, 3.63) is 81.7 Å². The summed E-state index contributed by atoms with van der Waals surface area (Å²) in [4.78, 5) is 17.0. The Morgan fingerprint density at radius 1 is 1.00 bits per heavy atom. The SMILES string of the molecule is O=c1ccc(-c2ccc3c(c2)OCCCO3)nn1Cc1c(Cl)ccc2cccnc12. The van der Waals surface area contributed by atoms with Crippen molar-refractivity contribution in [1.29, 1.82) is 0 Å². The van der Waals surface area contributed by atoms with Gasteiger partial charge in [-0.05, 0) is 36.4 Å². The van der Waals surface area contributed by atoms with Gasteiger partial charge in [0.05, 0.1) is 31.0 Å². The number of ether oxygens (including phenoxy) is 2. The molecule has 0 fully saturated rings. The van der Waals surface area contributed by atoms with Gasteiger partial charge in [-0.15, -0.1) is 0 Å². The van der Waals surface area contributed by atoms with Gasteiger partial charge in [-0.1, -0.05) is 23.7 Å². The predicted octanol–water partition coefficient (Wildman–Crippen LogP) is 4.32. The number of pyridine rings is 1. The third-order valence-electron chi connectivity index (χ3n) is 5.04. The molecule has 0 bridgehead atoms. The van der Waals surface area contributed by atoms with Gasteiger partial charge in [0.1, 0.15) is 0 Å². The van der Waals surface area contributed by atoms with E-state index in [9.17, 15) is 4.79 Å². The molecule has 0 amide bonds. The van der Waals surface area contributed by atoms with Crippen molar-refractivity contribution in [3.8, 4) is 22.8 Å². The third kappa shape index (κ3) is 3.50. The molecule has 0 aliphatic carbocycles. The molecular weight excluding hydrogens is 402 g/mol. The summed E-state index contributed by atoms with van der Waals surface area (Å²) in [6.07, 6.45) is 2.56. The molecule has 0 spiro atoms. The number of rotatable bonds is 3. The highest BCUT2D eigenvalue weighted by Crippen LogP contribution is 2.33. The predicted molar refractivity (Wildman–Crippen MR) is 115 cm³/mol. The zero-order chi connectivity index (χ0) is 20.5. The fourth-order valence-corrected chi connectivity index (χ4v) is 3.73. The molecule has 150 valence electrons. The van der Waals surface area contributed by atoms with E-state index in [1.54, 1.807) is 12.3 Å². The molecule has 1 aliphatic rings. The maximum atomic E-state index is 12.5. The van der Waals surface area contributed by atoms with Gasteiger partial charge in [0, 0.05) is 40.2 Å². The Bertz CT molecular complexity index is 1300. The van der Waals surface area contributed by atoms with Crippen molar-refractivity contribution in [2.75, 3.05) is 13.2 Å². The highest BCUT2D eigenvalue weighted by atomic mass is 35.5. The molecule has 0 unspecified atom stereocenters. The summed E-state index contributed by atoms with van der Waals surface area (Å²) in [7, 11) is 0. The fourth-order valence-electron chi connectivity index (χ4n) is 3.52. The molecule has 3 heterocycles. The first-order valence-corrected chi connectivity index (χ1v) is 10.1. The summed E-state index contributed by atoms with van der Waals surface area (Å²) >= 11 is 6.44. The lowest BCUT2D eigenvalue weighted by atomic mass is 10.1. The molecule has 1 aliphatic heterocycles. The van der Waals surface area contributed by atoms with Crippen LogP contribution in [-0.4, -0.2) is 28.0 Å². The van der Waals surface area contributed by atoms with Gasteiger partial charge in [0.25, 0.3) is 5.56 Å². The molecule has 30 heavy (non-hydrogen) atoms. The van der Waals surface area contributed by atoms with E-state index in [2.05, 4.69) is 10.1 Å². The van der Waals surface area contributed by atoms with Crippen LogP contribution in [0.25, 0.3) is 22.2 Å². The highest BCUT2D eigenvalue weighted by Gasteiger charge is 2.14. The summed E-state index contributed by atoms with van der Waals surface area (Å²) in [5.41, 5.74) is 2.82. The Morgan fingerprint density at radius 2 is 1.87 bits per heavy atom. The van der Waals surface area contributed by atoms with E-state index in [-0.39, 0.29) is 12.1 Å². The van der Waals surface area contributed by atoms with Crippen LogP contribution in [0.15, 0.2) is 65.6 Å². The lowest BCUT2D eigenvalue weighted by molar-refractivity contribution is 0.297. The van der Waals surface area contributed by atoms with E-state index < -0.39 is 0 Å². The van der Waals surface area contributed by atoms with Gasteiger partial charge in [0.2, 0.25) is 0 Å². The lowest BCUT2D eigenvalue weighted by Gasteiger charge is -2.12. The monoisotopic (exact) mass is 419 g/mol. The molecule has 4 aromatic rings. The molecule has 5 rings (SSSR count). The molecule has 0 radical (unpaired) electrons. The minimum atomic E-state index is -0.211. The van der Waals surface area contributed by atoms with Crippen molar-refractivity contribution in [2.45, 2.75) is 13.0 Å². The second-order valence-corrected chi connectivity index (χ2v) is 7.43. The number of nitrogens with zero attached hydrogens (tertiary/aromatic N) is 3. The Balaban J connectivity index is 1.55. The Kier molecular flexibility index (Phi) is 4.85. The average molecular weight is 420 g/mol. The Labute approximate surface area is 177 Å². The number of hydrogen-bond donors (Lipinski definition) is 0. The lowest BCUT2D eigenvalue weighted by Crippen LogP contribution is -2.23. The zero-order valence-electron chi connectivity index (χ0n) is 16.0. The van der Waals surface area contributed by atoms with Crippen molar-refractivity contribution in [2.24, 2.45) is 0 Å². The van der Waals surface area contributed by atoms with Gasteiger partial charge in [-0.25, -0.2) is 4.68 Å². The summed E-state index contributed by atoms with van der Waals surface area (Å²) in [6, 6.07) is 16.5. The molecule has 0 atom stereocenters. The van der Waals surface area contributed by atoms with Crippen molar-refractivity contribution < 1.29 is 9.47 Å². The highest BCUT2D eigenvalue weighted by molar-refractivity contribution is 6.32. The van der Waals surface area contributed by atoms with Crippen LogP contribution >= 0.6 is 11.6 Å². The zero-order valence-corrected chi connectivity index (χ0v) is 16.8. The minimum Gasteiger partial charge on any atom is -0.490 e. The van der Waals surface area contributed by atoms with Crippen LogP contribution in [0.2, 0.25) is 5.02 Å². The third-order valence-corrected chi connectivity index (χ3v) is 5.39. The Hall–Kier alpha value is -3.38. The summed E-state index contributed by atoms with van der Waals surface area (Å²) in [5.74, 6) is 1.41. The number of benzene rings is 2. The maximum absolute atomic E-state index is 12.5. The fraction of sp³-hybridized carbons (Fsp3) is 0.174. The van der Waals surface area contributed by atoms with E-state index in [0.29, 0.717) is 29.7 Å². The van der Waals surface area contributed by atoms with Crippen molar-refractivity contribution in [3.63, 3.8) is 0 Å². The number of fused-ring (bicyclic) bond motifs is 2. The first kappa shape index (κ1) is 18.6. The largest absolute Gasteiger partial charge is 0.490 e. The van der Waals surface area contributed by atoms with E-state index in [1.165, 1.54) is 10.7 Å². The minimum absolute atomic E-state index is 0.211. The van der Waals surface area contributed by atoms with Crippen LogP contribution in [-0.2, 0) is 6.54 Å². The van der Waals surface area contributed by atoms with E-state index in [4.69, 9.17) is 21.1 Å². The van der Waals surface area contributed by atoms with Crippen LogP contribution < -0.4 is 15.0 Å². The average Bonchev–Trinajstić information content (AvgIpc) is 3.02. The summed E-state index contributed by atoms with van der Waals surface area (Å²) in [6.45, 7) is 1.47. The van der Waals surface area contributed by atoms with Crippen LogP contribution in [0.1, 0.15) is 12.0 Å². The van der Waals surface area contributed by atoms with Gasteiger partial charge in [-0.2, -0.15) is 5.10 Å². The van der Waals surface area contributed by atoms with Gasteiger partial charge in [0.15, 0.2) is 11.5 Å². The number of aromatic nitrogens is 3.